The fourth-order valence-electron chi connectivity index (χ4n) is 1.30. The average molecular weight is 307 g/mol. The molecule has 21 heavy (non-hydrogen) atoms. The molecule has 1 amide bonds. The van der Waals surface area contributed by atoms with Crippen LogP contribution in [-0.2, 0) is 11.0 Å². The van der Waals surface area contributed by atoms with Crippen molar-refractivity contribution in [3.05, 3.63) is 11.8 Å². The second-order valence-corrected chi connectivity index (χ2v) is 4.19. The Morgan fingerprint density at radius 3 is 2.62 bits per heavy atom. The van der Waals surface area contributed by atoms with Crippen LogP contribution in [-0.4, -0.2) is 40.2 Å². The molecule has 0 saturated carbocycles. The van der Waals surface area contributed by atoms with E-state index in [2.05, 4.69) is 20.6 Å². The summed E-state index contributed by atoms with van der Waals surface area (Å²) in [6, 6.07) is 0.685. The van der Waals surface area contributed by atoms with Gasteiger partial charge in [0.1, 0.15) is 11.9 Å². The summed E-state index contributed by atoms with van der Waals surface area (Å²) in [6.45, 7) is 1.89. The van der Waals surface area contributed by atoms with Gasteiger partial charge in [-0.05, 0) is 6.42 Å². The summed E-state index contributed by atoms with van der Waals surface area (Å²) >= 11 is 0. The van der Waals surface area contributed by atoms with Crippen molar-refractivity contribution in [3.8, 4) is 0 Å². The number of alkyl halides is 3. The number of anilines is 2. The first kappa shape index (κ1) is 17.0. The number of primary amides is 1. The summed E-state index contributed by atoms with van der Waals surface area (Å²) in [5, 5.41) is 14.3. The number of rotatable bonds is 7. The van der Waals surface area contributed by atoms with Crippen molar-refractivity contribution in [2.45, 2.75) is 25.6 Å². The quantitative estimate of drug-likeness (QED) is 0.586. The van der Waals surface area contributed by atoms with Crippen LogP contribution < -0.4 is 16.4 Å². The van der Waals surface area contributed by atoms with Gasteiger partial charge in [-0.3, -0.25) is 4.79 Å². The minimum atomic E-state index is -4.63. The van der Waals surface area contributed by atoms with Crippen molar-refractivity contribution in [3.63, 3.8) is 0 Å². The molecule has 0 aliphatic rings. The predicted octanol–water partition coefficient (Wildman–Crippen LogP) is 0.575. The SMILES string of the molecule is CCCNc1nc(NCC(O)C(N)=O)cc(C(F)(F)F)n1. The van der Waals surface area contributed by atoms with Crippen LogP contribution >= 0.6 is 0 Å². The summed E-state index contributed by atoms with van der Waals surface area (Å²) in [5.74, 6) is -1.35. The summed E-state index contributed by atoms with van der Waals surface area (Å²) < 4.78 is 38.2. The van der Waals surface area contributed by atoms with Crippen LogP contribution in [0.25, 0.3) is 0 Å². The second-order valence-electron chi connectivity index (χ2n) is 4.19. The van der Waals surface area contributed by atoms with E-state index >= 15 is 0 Å². The Bertz CT molecular complexity index is 495. The van der Waals surface area contributed by atoms with Gasteiger partial charge < -0.3 is 21.5 Å². The number of carbonyl (C=O) groups excluding carboxylic acids is 1. The van der Waals surface area contributed by atoms with Crippen molar-refractivity contribution in [1.29, 1.82) is 0 Å². The van der Waals surface area contributed by atoms with E-state index in [1.807, 2.05) is 6.92 Å². The zero-order chi connectivity index (χ0) is 16.0. The Hall–Kier alpha value is -2.10. The molecular formula is C11H16F3N5O2. The number of hydrogen-bond acceptors (Lipinski definition) is 6. The molecule has 1 atom stereocenters. The molecule has 7 nitrogen and oxygen atoms in total. The van der Waals surface area contributed by atoms with Crippen molar-refractivity contribution < 1.29 is 23.1 Å². The summed E-state index contributed by atoms with van der Waals surface area (Å²) in [4.78, 5) is 17.8. The van der Waals surface area contributed by atoms with E-state index in [0.29, 0.717) is 19.0 Å². The molecule has 0 aromatic carbocycles. The first-order chi connectivity index (χ1) is 9.74. The van der Waals surface area contributed by atoms with E-state index in [-0.39, 0.29) is 18.3 Å². The average Bonchev–Trinajstić information content (AvgIpc) is 2.41. The highest BCUT2D eigenvalue weighted by Gasteiger charge is 2.33. The van der Waals surface area contributed by atoms with Gasteiger partial charge in [0.15, 0.2) is 5.69 Å². The molecule has 118 valence electrons. The maximum absolute atomic E-state index is 12.7. The fourth-order valence-corrected chi connectivity index (χ4v) is 1.30. The third-order valence-electron chi connectivity index (χ3n) is 2.35. The van der Waals surface area contributed by atoms with Crippen LogP contribution in [0.5, 0.6) is 0 Å². The van der Waals surface area contributed by atoms with Gasteiger partial charge in [0, 0.05) is 12.6 Å². The number of nitrogens with two attached hydrogens (primary N) is 1. The lowest BCUT2D eigenvalue weighted by atomic mass is 10.3. The zero-order valence-corrected chi connectivity index (χ0v) is 11.2. The monoisotopic (exact) mass is 307 g/mol. The molecule has 0 radical (unpaired) electrons. The highest BCUT2D eigenvalue weighted by molar-refractivity contribution is 5.79. The molecule has 5 N–H and O–H groups in total. The molecule has 0 saturated heterocycles. The van der Waals surface area contributed by atoms with E-state index in [0.717, 1.165) is 0 Å². The molecule has 0 spiro atoms. The Kier molecular flexibility index (Phi) is 5.70. The molecule has 1 aromatic heterocycles. The first-order valence-electron chi connectivity index (χ1n) is 6.15. The minimum Gasteiger partial charge on any atom is -0.381 e. The van der Waals surface area contributed by atoms with Gasteiger partial charge in [-0.1, -0.05) is 6.92 Å². The molecule has 1 aromatic rings. The van der Waals surface area contributed by atoms with Crippen LogP contribution in [0.2, 0.25) is 0 Å². The van der Waals surface area contributed by atoms with Gasteiger partial charge in [0.25, 0.3) is 0 Å². The van der Waals surface area contributed by atoms with E-state index in [4.69, 9.17) is 5.73 Å². The molecule has 1 heterocycles. The number of hydrogen-bond donors (Lipinski definition) is 4. The normalized spacial score (nSPS) is 12.8. The van der Waals surface area contributed by atoms with Gasteiger partial charge in [0.05, 0.1) is 6.54 Å². The summed E-state index contributed by atoms with van der Waals surface area (Å²) in [5.41, 5.74) is 3.71. The van der Waals surface area contributed by atoms with Crippen molar-refractivity contribution in [1.82, 2.24) is 9.97 Å². The first-order valence-corrected chi connectivity index (χ1v) is 6.15. The minimum absolute atomic E-state index is 0.170. The third kappa shape index (κ3) is 5.42. The largest absolute Gasteiger partial charge is 0.433 e. The lowest BCUT2D eigenvalue weighted by Crippen LogP contribution is -2.34. The number of aliphatic hydroxyl groups is 1. The van der Waals surface area contributed by atoms with Gasteiger partial charge in [0.2, 0.25) is 11.9 Å². The highest BCUT2D eigenvalue weighted by atomic mass is 19.4. The Morgan fingerprint density at radius 1 is 1.43 bits per heavy atom. The van der Waals surface area contributed by atoms with Crippen molar-refractivity contribution in [2.75, 3.05) is 23.7 Å². The molecule has 0 aliphatic heterocycles. The predicted molar refractivity (Wildman–Crippen MR) is 69.5 cm³/mol. The Morgan fingerprint density at radius 2 is 2.10 bits per heavy atom. The summed E-state index contributed by atoms with van der Waals surface area (Å²) in [6.07, 6.45) is -5.48. The third-order valence-corrected chi connectivity index (χ3v) is 2.35. The standard InChI is InChI=1S/C11H16F3N5O2/c1-2-3-16-10-18-7(11(12,13)14)4-8(19-10)17-5-6(20)9(15)21/h4,6,20H,2-3,5H2,1H3,(H2,15,21)(H2,16,17,18,19). The maximum Gasteiger partial charge on any atom is 0.433 e. The van der Waals surface area contributed by atoms with Crippen LogP contribution in [0.3, 0.4) is 0 Å². The van der Waals surface area contributed by atoms with Crippen LogP contribution in [0.15, 0.2) is 6.07 Å². The second kappa shape index (κ2) is 7.07. The van der Waals surface area contributed by atoms with Gasteiger partial charge in [-0.2, -0.15) is 18.2 Å². The molecule has 1 rings (SSSR count). The number of nitrogens with one attached hydrogen (secondary N) is 2. The zero-order valence-electron chi connectivity index (χ0n) is 11.2. The van der Waals surface area contributed by atoms with E-state index in [9.17, 15) is 23.1 Å². The molecule has 0 bridgehead atoms. The number of amides is 1. The lowest BCUT2D eigenvalue weighted by Gasteiger charge is -2.13. The van der Waals surface area contributed by atoms with Crippen molar-refractivity contribution in [2.24, 2.45) is 5.73 Å². The smallest absolute Gasteiger partial charge is 0.381 e. The number of halogens is 3. The number of aliphatic hydroxyl groups excluding tert-OH is 1. The van der Waals surface area contributed by atoms with Crippen LogP contribution in [0.1, 0.15) is 19.0 Å². The summed E-state index contributed by atoms with van der Waals surface area (Å²) in [7, 11) is 0. The molecule has 0 aliphatic carbocycles. The topological polar surface area (TPSA) is 113 Å². The Labute approximate surface area is 118 Å². The number of carbonyl (C=O) groups is 1. The van der Waals surface area contributed by atoms with E-state index in [1.165, 1.54) is 0 Å². The number of nitrogens with zero attached hydrogens (tertiary/aromatic N) is 2. The van der Waals surface area contributed by atoms with Gasteiger partial charge in [-0.15, -0.1) is 0 Å². The molecule has 0 fully saturated rings. The van der Waals surface area contributed by atoms with E-state index < -0.39 is 23.9 Å². The van der Waals surface area contributed by atoms with Crippen molar-refractivity contribution >= 4 is 17.7 Å². The highest BCUT2D eigenvalue weighted by Crippen LogP contribution is 2.29. The Balaban J connectivity index is 2.93. The number of aromatic nitrogens is 2. The van der Waals surface area contributed by atoms with Gasteiger partial charge >= 0.3 is 6.18 Å². The van der Waals surface area contributed by atoms with Crippen LogP contribution in [0, 0.1) is 0 Å². The maximum atomic E-state index is 12.7. The molecule has 1 unspecified atom stereocenters. The van der Waals surface area contributed by atoms with Gasteiger partial charge in [-0.25, -0.2) is 4.98 Å². The molecule has 10 heteroatoms. The lowest BCUT2D eigenvalue weighted by molar-refractivity contribution is -0.141. The molecular weight excluding hydrogens is 291 g/mol. The fraction of sp³-hybridized carbons (Fsp3) is 0.545. The van der Waals surface area contributed by atoms with Crippen LogP contribution in [0.4, 0.5) is 24.9 Å². The van der Waals surface area contributed by atoms with E-state index in [1.54, 1.807) is 0 Å².